The Balaban J connectivity index is 1.91. The van der Waals surface area contributed by atoms with Crippen LogP contribution in [-0.2, 0) is 16.6 Å². The summed E-state index contributed by atoms with van der Waals surface area (Å²) in [5.41, 5.74) is 1.16. The summed E-state index contributed by atoms with van der Waals surface area (Å²) in [5.74, 6) is -0.267. The lowest BCUT2D eigenvalue weighted by molar-refractivity contribution is -0.153. The molecule has 0 bridgehead atoms. The van der Waals surface area contributed by atoms with E-state index in [0.29, 0.717) is 5.52 Å². The highest BCUT2D eigenvalue weighted by atomic mass is 32.2. The van der Waals surface area contributed by atoms with Gasteiger partial charge in [-0.3, -0.25) is 9.19 Å². The number of pyridine rings is 1. The van der Waals surface area contributed by atoms with Gasteiger partial charge in [-0.05, 0) is 25.1 Å². The predicted octanol–water partition coefficient (Wildman–Crippen LogP) is 3.51. The van der Waals surface area contributed by atoms with Crippen molar-refractivity contribution in [2.45, 2.75) is 24.0 Å². The fourth-order valence-corrected chi connectivity index (χ4v) is 3.80. The molecule has 2 aromatic heterocycles. The van der Waals surface area contributed by atoms with E-state index in [2.05, 4.69) is 9.97 Å². The van der Waals surface area contributed by atoms with Gasteiger partial charge in [0.1, 0.15) is 5.75 Å². The Labute approximate surface area is 159 Å². The Kier molecular flexibility index (Phi) is 5.36. The minimum absolute atomic E-state index is 0.0361. The Morgan fingerprint density at radius 3 is 2.68 bits per heavy atom. The highest BCUT2D eigenvalue weighted by Crippen LogP contribution is 2.25. The third kappa shape index (κ3) is 4.14. The number of rotatable bonds is 5. The van der Waals surface area contributed by atoms with Crippen LogP contribution in [-0.4, -0.2) is 42.7 Å². The van der Waals surface area contributed by atoms with E-state index in [1.165, 1.54) is 25.3 Å². The lowest BCUT2D eigenvalue weighted by Crippen LogP contribution is -2.20. The highest BCUT2D eigenvalue weighted by molar-refractivity contribution is 7.84. The first-order chi connectivity index (χ1) is 13.2. The second-order valence-corrected chi connectivity index (χ2v) is 7.12. The molecule has 1 aromatic carbocycles. The summed E-state index contributed by atoms with van der Waals surface area (Å²) < 4.78 is 55.5. The van der Waals surface area contributed by atoms with E-state index in [0.717, 1.165) is 4.57 Å². The largest absolute Gasteiger partial charge is 0.484 e. The summed E-state index contributed by atoms with van der Waals surface area (Å²) in [5, 5.41) is 9.28. The van der Waals surface area contributed by atoms with Crippen LogP contribution in [0.25, 0.3) is 11.0 Å². The number of aromatic nitrogens is 3. The molecule has 2 heterocycles. The van der Waals surface area contributed by atoms with Crippen molar-refractivity contribution in [3.8, 4) is 5.75 Å². The monoisotopic (exact) mass is 413 g/mol. The normalized spacial score (nSPS) is 12.9. The summed E-state index contributed by atoms with van der Waals surface area (Å²) >= 11 is 0. The Hall–Kier alpha value is -2.95. The van der Waals surface area contributed by atoms with Crippen molar-refractivity contribution in [2.75, 3.05) is 6.61 Å². The Morgan fingerprint density at radius 2 is 2.00 bits per heavy atom. The number of imidazole rings is 1. The van der Waals surface area contributed by atoms with Gasteiger partial charge in [0.15, 0.2) is 6.61 Å². The molecule has 0 spiro atoms. The van der Waals surface area contributed by atoms with Crippen LogP contribution in [0.15, 0.2) is 41.7 Å². The average Bonchev–Trinajstić information content (AvgIpc) is 3.01. The smallest absolute Gasteiger partial charge is 0.422 e. The number of carboxylic acid groups (broad SMARTS) is 1. The molecule has 0 aliphatic carbocycles. The van der Waals surface area contributed by atoms with Gasteiger partial charge in [-0.25, -0.2) is 14.3 Å². The molecule has 3 rings (SSSR count). The van der Waals surface area contributed by atoms with E-state index in [1.54, 1.807) is 18.2 Å². The van der Waals surface area contributed by atoms with E-state index in [1.807, 2.05) is 0 Å². The number of alkyl halides is 3. The zero-order valence-corrected chi connectivity index (χ0v) is 15.3. The van der Waals surface area contributed by atoms with Crippen LogP contribution < -0.4 is 4.74 Å². The molecule has 0 fully saturated rings. The predicted molar refractivity (Wildman–Crippen MR) is 93.8 cm³/mol. The van der Waals surface area contributed by atoms with E-state index in [-0.39, 0.29) is 33.4 Å². The van der Waals surface area contributed by atoms with Gasteiger partial charge in [-0.15, -0.1) is 0 Å². The zero-order valence-electron chi connectivity index (χ0n) is 14.4. The first kappa shape index (κ1) is 19.8. The lowest BCUT2D eigenvalue weighted by Gasteiger charge is -2.13. The minimum atomic E-state index is -4.50. The quantitative estimate of drug-likeness (QED) is 0.688. The maximum Gasteiger partial charge on any atom is 0.422 e. The number of hydrogen-bond acceptors (Lipinski definition) is 5. The third-order valence-electron chi connectivity index (χ3n) is 3.84. The fraction of sp³-hybridized carbons (Fsp3) is 0.235. The molecule has 0 amide bonds. The van der Waals surface area contributed by atoms with E-state index < -0.39 is 29.7 Å². The molecule has 0 saturated carbocycles. The first-order valence-corrected chi connectivity index (χ1v) is 9.22. The van der Waals surface area contributed by atoms with Crippen molar-refractivity contribution in [1.82, 2.24) is 14.5 Å². The maximum atomic E-state index is 12.8. The number of fused-ring (bicyclic) bond motifs is 1. The topological polar surface area (TPSA) is 94.3 Å². The van der Waals surface area contributed by atoms with Gasteiger partial charge in [0, 0.05) is 11.8 Å². The first-order valence-electron chi connectivity index (χ1n) is 7.90. The molecule has 11 heteroatoms. The molecule has 1 atom stereocenters. The second kappa shape index (κ2) is 7.58. The Bertz CT molecular complexity index is 1070. The molecule has 28 heavy (non-hydrogen) atoms. The molecule has 0 aliphatic heterocycles. The van der Waals surface area contributed by atoms with E-state index >= 15 is 0 Å². The van der Waals surface area contributed by atoms with Crippen LogP contribution >= 0.6 is 0 Å². The lowest BCUT2D eigenvalue weighted by atomic mass is 10.2. The average molecular weight is 413 g/mol. The molecular weight excluding hydrogens is 399 g/mol. The number of benzene rings is 1. The molecule has 7 nitrogen and oxygen atoms in total. The second-order valence-electron chi connectivity index (χ2n) is 5.78. The van der Waals surface area contributed by atoms with Gasteiger partial charge in [0.25, 0.3) is 0 Å². The number of carbonyl (C=O) groups is 1. The minimum Gasteiger partial charge on any atom is -0.484 e. The number of para-hydroxylation sites is 2. The molecule has 3 aromatic rings. The van der Waals surface area contributed by atoms with Crippen molar-refractivity contribution in [1.29, 1.82) is 0 Å². The number of nitrogens with zero attached hydrogens (tertiary/aromatic N) is 3. The van der Waals surface area contributed by atoms with E-state index in [4.69, 9.17) is 4.74 Å². The molecule has 148 valence electrons. The van der Waals surface area contributed by atoms with Gasteiger partial charge in [0.2, 0.25) is 5.16 Å². The summed E-state index contributed by atoms with van der Waals surface area (Å²) in [6, 6.07) is 7.70. The van der Waals surface area contributed by atoms with Crippen LogP contribution in [0, 0.1) is 6.92 Å². The number of ether oxygens (including phenoxy) is 1. The standard InChI is InChI=1S/C17H14F3N3O4S/c1-10-12(21-7-6-14(10)27-9-17(18,19)20)8-28(26)15-22-11-4-2-3-5-13(11)23(15)16(24)25/h2-7H,8-9H2,1H3,(H,24,25). The van der Waals surface area contributed by atoms with Crippen LogP contribution in [0.2, 0.25) is 0 Å². The molecule has 0 radical (unpaired) electrons. The summed E-state index contributed by atoms with van der Waals surface area (Å²) in [6.07, 6.45) is -4.60. The molecule has 1 unspecified atom stereocenters. The van der Waals surface area contributed by atoms with Crippen molar-refractivity contribution in [3.63, 3.8) is 0 Å². The Morgan fingerprint density at radius 1 is 1.29 bits per heavy atom. The van der Waals surface area contributed by atoms with Gasteiger partial charge in [-0.2, -0.15) is 13.2 Å². The number of halogens is 3. The summed E-state index contributed by atoms with van der Waals surface area (Å²) in [6.45, 7) is 0.0284. The van der Waals surface area contributed by atoms with E-state index in [9.17, 15) is 27.3 Å². The van der Waals surface area contributed by atoms with Crippen LogP contribution in [0.1, 0.15) is 11.3 Å². The van der Waals surface area contributed by atoms with Crippen molar-refractivity contribution < 1.29 is 32.0 Å². The SMILES string of the molecule is Cc1c(OCC(F)(F)F)ccnc1CS(=O)c1nc2ccccc2n1C(=O)O. The summed E-state index contributed by atoms with van der Waals surface area (Å²) in [7, 11) is -1.91. The van der Waals surface area contributed by atoms with Gasteiger partial charge < -0.3 is 9.84 Å². The van der Waals surface area contributed by atoms with Gasteiger partial charge in [0.05, 0.1) is 33.3 Å². The maximum absolute atomic E-state index is 12.8. The van der Waals surface area contributed by atoms with Crippen LogP contribution in [0.3, 0.4) is 0 Å². The van der Waals surface area contributed by atoms with Crippen molar-refractivity contribution in [2.24, 2.45) is 0 Å². The molecule has 1 N–H and O–H groups in total. The zero-order chi connectivity index (χ0) is 20.5. The van der Waals surface area contributed by atoms with Crippen LogP contribution in [0.5, 0.6) is 5.75 Å². The highest BCUT2D eigenvalue weighted by Gasteiger charge is 2.29. The van der Waals surface area contributed by atoms with Crippen LogP contribution in [0.4, 0.5) is 18.0 Å². The molecular formula is C17H14F3N3O4S. The number of hydrogen-bond donors (Lipinski definition) is 1. The van der Waals surface area contributed by atoms with Gasteiger partial charge >= 0.3 is 12.3 Å². The molecule has 0 saturated heterocycles. The van der Waals surface area contributed by atoms with Gasteiger partial charge in [-0.1, -0.05) is 12.1 Å². The van der Waals surface area contributed by atoms with Crippen molar-refractivity contribution in [3.05, 3.63) is 47.8 Å². The third-order valence-corrected chi connectivity index (χ3v) is 5.06. The van der Waals surface area contributed by atoms with Crippen molar-refractivity contribution >= 4 is 27.9 Å². The fourth-order valence-electron chi connectivity index (χ4n) is 2.55. The molecule has 0 aliphatic rings. The summed E-state index contributed by atoms with van der Waals surface area (Å²) in [4.78, 5) is 19.8.